The summed E-state index contributed by atoms with van der Waals surface area (Å²) in [5.74, 6) is 0. The number of morpholine rings is 1. The molecule has 1 aliphatic heterocycles. The Balaban J connectivity index is 1.52. The van der Waals surface area contributed by atoms with Gasteiger partial charge < -0.3 is 15.0 Å². The number of imidazole rings is 1. The number of aromatic nitrogens is 2. The molecule has 130 valence electrons. The van der Waals surface area contributed by atoms with Gasteiger partial charge in [-0.3, -0.25) is 9.47 Å². The second-order valence-electron chi connectivity index (χ2n) is 6.26. The molecule has 1 fully saturated rings. The number of ether oxygens (including phenoxy) is 1. The van der Waals surface area contributed by atoms with Crippen LogP contribution in [-0.2, 0) is 11.3 Å². The first kappa shape index (κ1) is 15.9. The highest BCUT2D eigenvalue weighted by Crippen LogP contribution is 2.20. The first-order valence-corrected chi connectivity index (χ1v) is 8.64. The van der Waals surface area contributed by atoms with Crippen molar-refractivity contribution in [1.29, 1.82) is 0 Å². The van der Waals surface area contributed by atoms with Crippen LogP contribution in [-0.4, -0.2) is 47.3 Å². The first-order chi connectivity index (χ1) is 12.3. The maximum atomic E-state index is 12.3. The molecule has 0 amide bonds. The molecule has 6 nitrogen and oxygen atoms in total. The Morgan fingerprint density at radius 3 is 2.60 bits per heavy atom. The van der Waals surface area contributed by atoms with Gasteiger partial charge in [0.2, 0.25) is 0 Å². The number of anilines is 2. The number of para-hydroxylation sites is 1. The van der Waals surface area contributed by atoms with Crippen molar-refractivity contribution >= 4 is 22.4 Å². The summed E-state index contributed by atoms with van der Waals surface area (Å²) in [5.41, 5.74) is 3.72. The van der Waals surface area contributed by atoms with E-state index in [-0.39, 0.29) is 5.69 Å². The number of hydrogen-bond acceptors (Lipinski definition) is 4. The summed E-state index contributed by atoms with van der Waals surface area (Å²) in [4.78, 5) is 17.6. The van der Waals surface area contributed by atoms with E-state index in [4.69, 9.17) is 4.74 Å². The van der Waals surface area contributed by atoms with Crippen molar-refractivity contribution in [3.63, 3.8) is 0 Å². The topological polar surface area (TPSA) is 62.3 Å². The molecular formula is C19H22N4O2. The van der Waals surface area contributed by atoms with Crippen LogP contribution in [0.2, 0.25) is 0 Å². The van der Waals surface area contributed by atoms with Gasteiger partial charge in [0.15, 0.2) is 0 Å². The molecule has 0 bridgehead atoms. The minimum absolute atomic E-state index is 0.0554. The summed E-state index contributed by atoms with van der Waals surface area (Å²) in [6.07, 6.45) is 0. The minimum Gasteiger partial charge on any atom is -0.379 e. The van der Waals surface area contributed by atoms with Crippen molar-refractivity contribution in [2.24, 2.45) is 0 Å². The number of rotatable bonds is 5. The molecule has 4 rings (SSSR count). The molecule has 0 saturated carbocycles. The van der Waals surface area contributed by atoms with Gasteiger partial charge in [-0.15, -0.1) is 0 Å². The van der Waals surface area contributed by atoms with E-state index < -0.39 is 0 Å². The van der Waals surface area contributed by atoms with Gasteiger partial charge in [-0.2, -0.15) is 0 Å². The average Bonchev–Trinajstić information content (AvgIpc) is 2.96. The molecule has 3 aromatic rings. The Labute approximate surface area is 146 Å². The fourth-order valence-electron chi connectivity index (χ4n) is 3.22. The molecule has 1 saturated heterocycles. The van der Waals surface area contributed by atoms with Crippen LogP contribution in [0.25, 0.3) is 11.0 Å². The van der Waals surface area contributed by atoms with Crippen LogP contribution in [0.1, 0.15) is 0 Å². The van der Waals surface area contributed by atoms with Crippen LogP contribution in [0.5, 0.6) is 0 Å². The zero-order valence-corrected chi connectivity index (χ0v) is 14.1. The summed E-state index contributed by atoms with van der Waals surface area (Å²) >= 11 is 0. The highest BCUT2D eigenvalue weighted by Gasteiger charge is 2.12. The third-order valence-corrected chi connectivity index (χ3v) is 4.58. The molecule has 1 aliphatic rings. The van der Waals surface area contributed by atoms with Crippen LogP contribution < -0.4 is 11.0 Å². The van der Waals surface area contributed by atoms with Crippen molar-refractivity contribution < 1.29 is 4.74 Å². The normalized spacial score (nSPS) is 15.5. The maximum Gasteiger partial charge on any atom is 0.326 e. The predicted octanol–water partition coefficient (Wildman–Crippen LogP) is 2.41. The predicted molar refractivity (Wildman–Crippen MR) is 99.5 cm³/mol. The van der Waals surface area contributed by atoms with Gasteiger partial charge in [-0.25, -0.2) is 4.79 Å². The van der Waals surface area contributed by atoms with Crippen molar-refractivity contribution in [3.8, 4) is 0 Å². The average molecular weight is 338 g/mol. The van der Waals surface area contributed by atoms with Crippen molar-refractivity contribution in [3.05, 3.63) is 59.0 Å². The Bertz CT molecular complexity index is 895. The molecule has 0 atom stereocenters. The Hall–Kier alpha value is -2.57. The van der Waals surface area contributed by atoms with E-state index in [1.807, 2.05) is 53.1 Å². The lowest BCUT2D eigenvalue weighted by atomic mass is 10.2. The van der Waals surface area contributed by atoms with Crippen LogP contribution in [0.4, 0.5) is 11.4 Å². The van der Waals surface area contributed by atoms with Crippen molar-refractivity contribution in [1.82, 2.24) is 14.5 Å². The van der Waals surface area contributed by atoms with Crippen molar-refractivity contribution in [2.45, 2.75) is 6.54 Å². The quantitative estimate of drug-likeness (QED) is 0.750. The van der Waals surface area contributed by atoms with E-state index >= 15 is 0 Å². The summed E-state index contributed by atoms with van der Waals surface area (Å²) in [6, 6.07) is 16.0. The van der Waals surface area contributed by atoms with Gasteiger partial charge in [0.1, 0.15) is 0 Å². The number of H-pyrrole nitrogens is 1. The smallest absolute Gasteiger partial charge is 0.326 e. The first-order valence-electron chi connectivity index (χ1n) is 8.64. The zero-order valence-electron chi connectivity index (χ0n) is 14.1. The molecule has 25 heavy (non-hydrogen) atoms. The third-order valence-electron chi connectivity index (χ3n) is 4.58. The van der Waals surface area contributed by atoms with Gasteiger partial charge in [0.25, 0.3) is 0 Å². The van der Waals surface area contributed by atoms with Gasteiger partial charge >= 0.3 is 5.69 Å². The number of fused-ring (bicyclic) bond motifs is 1. The monoisotopic (exact) mass is 338 g/mol. The van der Waals surface area contributed by atoms with E-state index in [1.54, 1.807) is 0 Å². The molecule has 1 aromatic heterocycles. The number of nitrogens with one attached hydrogen (secondary N) is 2. The standard InChI is InChI=1S/C19H22N4O2/c24-19-21-17-14-16(20-15-4-2-1-3-5-15)6-7-18(17)23(19)9-8-22-10-12-25-13-11-22/h1-7,14,20H,8-13H2,(H,21,24). The lowest BCUT2D eigenvalue weighted by Gasteiger charge is -2.26. The Morgan fingerprint density at radius 2 is 1.80 bits per heavy atom. The molecule has 0 spiro atoms. The molecule has 2 heterocycles. The number of hydrogen-bond donors (Lipinski definition) is 2. The summed E-state index contributed by atoms with van der Waals surface area (Å²) < 4.78 is 7.19. The lowest BCUT2D eigenvalue weighted by Crippen LogP contribution is -2.39. The molecular weight excluding hydrogens is 316 g/mol. The van der Waals surface area contributed by atoms with E-state index in [2.05, 4.69) is 15.2 Å². The van der Waals surface area contributed by atoms with E-state index in [0.29, 0.717) is 6.54 Å². The van der Waals surface area contributed by atoms with Gasteiger partial charge in [-0.1, -0.05) is 18.2 Å². The van der Waals surface area contributed by atoms with E-state index in [0.717, 1.165) is 55.3 Å². The van der Waals surface area contributed by atoms with Crippen LogP contribution in [0.3, 0.4) is 0 Å². The lowest BCUT2D eigenvalue weighted by molar-refractivity contribution is 0.0364. The number of aromatic amines is 1. The van der Waals surface area contributed by atoms with Crippen LogP contribution in [0.15, 0.2) is 53.3 Å². The van der Waals surface area contributed by atoms with Gasteiger partial charge in [-0.05, 0) is 30.3 Å². The maximum absolute atomic E-state index is 12.3. The minimum atomic E-state index is -0.0554. The van der Waals surface area contributed by atoms with Crippen LogP contribution in [0, 0.1) is 0 Å². The van der Waals surface area contributed by atoms with Gasteiger partial charge in [0, 0.05) is 37.6 Å². The highest BCUT2D eigenvalue weighted by molar-refractivity contribution is 5.80. The number of benzene rings is 2. The second-order valence-corrected chi connectivity index (χ2v) is 6.26. The van der Waals surface area contributed by atoms with Gasteiger partial charge in [0.05, 0.1) is 24.2 Å². The molecule has 0 aliphatic carbocycles. The van der Waals surface area contributed by atoms with E-state index in [1.165, 1.54) is 0 Å². The number of nitrogens with zero attached hydrogens (tertiary/aromatic N) is 2. The fourth-order valence-corrected chi connectivity index (χ4v) is 3.22. The fraction of sp³-hybridized carbons (Fsp3) is 0.316. The molecule has 0 radical (unpaired) electrons. The van der Waals surface area contributed by atoms with E-state index in [9.17, 15) is 4.79 Å². The Kier molecular flexibility index (Phi) is 4.54. The summed E-state index contributed by atoms with van der Waals surface area (Å²) in [6.45, 7) is 4.96. The zero-order chi connectivity index (χ0) is 17.1. The molecule has 6 heteroatoms. The molecule has 0 unspecified atom stereocenters. The van der Waals surface area contributed by atoms with Crippen molar-refractivity contribution in [2.75, 3.05) is 38.2 Å². The highest BCUT2D eigenvalue weighted by atomic mass is 16.5. The summed E-state index contributed by atoms with van der Waals surface area (Å²) in [5, 5.41) is 3.36. The third kappa shape index (κ3) is 3.60. The largest absolute Gasteiger partial charge is 0.379 e. The molecule has 2 aromatic carbocycles. The molecule has 2 N–H and O–H groups in total. The Morgan fingerprint density at radius 1 is 1.00 bits per heavy atom. The van der Waals surface area contributed by atoms with Crippen LogP contribution >= 0.6 is 0 Å². The second kappa shape index (κ2) is 7.13. The summed E-state index contributed by atoms with van der Waals surface area (Å²) in [7, 11) is 0. The SMILES string of the molecule is O=c1[nH]c2cc(Nc3ccccc3)ccc2n1CCN1CCOCC1.